The second-order valence-corrected chi connectivity index (χ2v) is 7.85. The lowest BCUT2D eigenvalue weighted by Crippen LogP contribution is -2.22. The van der Waals surface area contributed by atoms with Crippen LogP contribution in [0.2, 0.25) is 0 Å². The van der Waals surface area contributed by atoms with Crippen LogP contribution >= 0.6 is 11.3 Å². The molecule has 2 aromatic heterocycles. The van der Waals surface area contributed by atoms with Gasteiger partial charge in [0.15, 0.2) is 18.1 Å². The lowest BCUT2D eigenvalue weighted by atomic mass is 10.0. The highest BCUT2D eigenvalue weighted by Crippen LogP contribution is 2.39. The summed E-state index contributed by atoms with van der Waals surface area (Å²) in [4.78, 5) is 37.5. The van der Waals surface area contributed by atoms with E-state index in [1.54, 1.807) is 44.4 Å². The quantitative estimate of drug-likeness (QED) is 0.445. The number of carbonyl (C=O) groups excluding carboxylic acids is 3. The normalized spacial score (nSPS) is 10.5. The Hall–Kier alpha value is -3.86. The monoisotopic (exact) mass is 488 g/mol. The fourth-order valence-corrected chi connectivity index (χ4v) is 4.19. The van der Waals surface area contributed by atoms with Gasteiger partial charge in [0.05, 0.1) is 26.5 Å². The van der Waals surface area contributed by atoms with Crippen molar-refractivity contribution in [1.29, 1.82) is 0 Å². The molecule has 0 radical (unpaired) electrons. The first-order valence-electron chi connectivity index (χ1n) is 10.2. The van der Waals surface area contributed by atoms with E-state index in [-0.39, 0.29) is 22.7 Å². The van der Waals surface area contributed by atoms with Crippen LogP contribution in [-0.4, -0.2) is 50.4 Å². The smallest absolute Gasteiger partial charge is 0.344 e. The summed E-state index contributed by atoms with van der Waals surface area (Å²) in [6, 6.07) is 5.21. The first-order valence-corrected chi connectivity index (χ1v) is 11.1. The molecule has 0 atom stereocenters. The highest BCUT2D eigenvalue weighted by molar-refractivity contribution is 7.15. The van der Waals surface area contributed by atoms with Gasteiger partial charge in [-0.05, 0) is 38.5 Å². The highest BCUT2D eigenvalue weighted by Gasteiger charge is 2.25. The van der Waals surface area contributed by atoms with E-state index < -0.39 is 24.5 Å². The van der Waals surface area contributed by atoms with E-state index in [1.807, 2.05) is 0 Å². The Balaban J connectivity index is 1.83. The minimum atomic E-state index is -0.728. The molecule has 3 rings (SSSR count). The number of methoxy groups -OCH3 is 2. The van der Waals surface area contributed by atoms with Crippen LogP contribution in [0.3, 0.4) is 0 Å². The number of aryl methyl sites for hydroxylation is 2. The molecule has 0 aliphatic carbocycles. The number of hydrogen-bond donors (Lipinski definition) is 1. The summed E-state index contributed by atoms with van der Waals surface area (Å²) in [5, 5.41) is 8.31. The lowest BCUT2D eigenvalue weighted by molar-refractivity contribution is -0.119. The molecule has 10 nitrogen and oxygen atoms in total. The standard InChI is InChI=1S/C23H24N2O8S/c1-6-31-23(28)20-15(14-7-8-16(29-4)17(9-14)30-5)11-34-21(20)24-18(26)10-32-22(27)19-12(2)25-33-13(19)3/h7-9,11H,6,10H2,1-5H3,(H,24,26). The predicted octanol–water partition coefficient (Wildman–Crippen LogP) is 4.01. The number of carbonyl (C=O) groups is 3. The highest BCUT2D eigenvalue weighted by atomic mass is 32.1. The Morgan fingerprint density at radius 3 is 2.35 bits per heavy atom. The van der Waals surface area contributed by atoms with Crippen molar-refractivity contribution in [3.8, 4) is 22.6 Å². The topological polar surface area (TPSA) is 126 Å². The number of esters is 2. The largest absolute Gasteiger partial charge is 0.493 e. The van der Waals surface area contributed by atoms with Crippen LogP contribution in [-0.2, 0) is 14.3 Å². The Morgan fingerprint density at radius 2 is 1.74 bits per heavy atom. The number of nitrogens with zero attached hydrogens (tertiary/aromatic N) is 1. The summed E-state index contributed by atoms with van der Waals surface area (Å²) in [5.41, 5.74) is 1.94. The number of anilines is 1. The number of nitrogens with one attached hydrogen (secondary N) is 1. The van der Waals surface area contributed by atoms with Crippen LogP contribution in [0.25, 0.3) is 11.1 Å². The van der Waals surface area contributed by atoms with Crippen molar-refractivity contribution in [3.63, 3.8) is 0 Å². The summed E-state index contributed by atoms with van der Waals surface area (Å²) in [7, 11) is 3.04. The SMILES string of the molecule is CCOC(=O)c1c(-c2ccc(OC)c(OC)c2)csc1NC(=O)COC(=O)c1c(C)noc1C. The third-order valence-electron chi connectivity index (χ3n) is 4.79. The molecule has 1 aromatic carbocycles. The van der Waals surface area contributed by atoms with Crippen LogP contribution in [0.1, 0.15) is 39.1 Å². The first-order chi connectivity index (χ1) is 16.3. The molecule has 0 unspecified atom stereocenters. The van der Waals surface area contributed by atoms with E-state index in [0.717, 1.165) is 11.3 Å². The van der Waals surface area contributed by atoms with Gasteiger partial charge in [-0.2, -0.15) is 0 Å². The second-order valence-electron chi connectivity index (χ2n) is 6.97. The minimum Gasteiger partial charge on any atom is -0.493 e. The summed E-state index contributed by atoms with van der Waals surface area (Å²) < 4.78 is 25.8. The number of thiophene rings is 1. The van der Waals surface area contributed by atoms with Gasteiger partial charge in [-0.1, -0.05) is 11.2 Å². The third kappa shape index (κ3) is 5.20. The molecule has 11 heteroatoms. The van der Waals surface area contributed by atoms with E-state index in [9.17, 15) is 14.4 Å². The second kappa shape index (κ2) is 10.8. The van der Waals surface area contributed by atoms with Gasteiger partial charge in [-0.3, -0.25) is 4.79 Å². The molecule has 3 aromatic rings. The molecule has 1 N–H and O–H groups in total. The van der Waals surface area contributed by atoms with Gasteiger partial charge in [0.2, 0.25) is 0 Å². The van der Waals surface area contributed by atoms with E-state index in [4.69, 9.17) is 23.5 Å². The van der Waals surface area contributed by atoms with Crippen LogP contribution in [0.15, 0.2) is 28.1 Å². The Labute approximate surface area is 199 Å². The maximum atomic E-state index is 12.8. The fourth-order valence-electron chi connectivity index (χ4n) is 3.21. The van der Waals surface area contributed by atoms with Gasteiger partial charge in [-0.15, -0.1) is 11.3 Å². The molecule has 34 heavy (non-hydrogen) atoms. The number of hydrogen-bond acceptors (Lipinski definition) is 10. The number of amides is 1. The van der Waals surface area contributed by atoms with Crippen molar-refractivity contribution in [2.24, 2.45) is 0 Å². The molecule has 0 bridgehead atoms. The fraction of sp³-hybridized carbons (Fsp3) is 0.304. The molecule has 0 aliphatic rings. The van der Waals surface area contributed by atoms with Gasteiger partial charge in [0.25, 0.3) is 5.91 Å². The average molecular weight is 489 g/mol. The van der Waals surface area contributed by atoms with Crippen molar-refractivity contribution in [1.82, 2.24) is 5.16 Å². The summed E-state index contributed by atoms with van der Waals surface area (Å²) in [6.45, 7) is 4.45. The molecule has 1 amide bonds. The van der Waals surface area contributed by atoms with Crippen molar-refractivity contribution in [2.45, 2.75) is 20.8 Å². The van der Waals surface area contributed by atoms with E-state index in [0.29, 0.717) is 34.1 Å². The van der Waals surface area contributed by atoms with Gasteiger partial charge < -0.3 is 28.8 Å². The Bertz CT molecular complexity index is 1190. The van der Waals surface area contributed by atoms with E-state index in [2.05, 4.69) is 10.5 Å². The first kappa shape index (κ1) is 24.8. The zero-order valence-corrected chi connectivity index (χ0v) is 20.2. The third-order valence-corrected chi connectivity index (χ3v) is 5.69. The molecule has 180 valence electrons. The minimum absolute atomic E-state index is 0.155. The van der Waals surface area contributed by atoms with Crippen LogP contribution in [0.5, 0.6) is 11.5 Å². The Morgan fingerprint density at radius 1 is 1.03 bits per heavy atom. The maximum absolute atomic E-state index is 12.8. The molecular weight excluding hydrogens is 464 g/mol. The molecule has 0 saturated carbocycles. The van der Waals surface area contributed by atoms with Crippen LogP contribution in [0, 0.1) is 13.8 Å². The number of aromatic nitrogens is 1. The molecule has 0 saturated heterocycles. The van der Waals surface area contributed by atoms with Crippen LogP contribution < -0.4 is 14.8 Å². The van der Waals surface area contributed by atoms with Gasteiger partial charge in [-0.25, -0.2) is 9.59 Å². The van der Waals surface area contributed by atoms with Crippen LogP contribution in [0.4, 0.5) is 5.00 Å². The molecule has 0 spiro atoms. The number of ether oxygens (including phenoxy) is 4. The van der Waals surface area contributed by atoms with Crippen molar-refractivity contribution in [2.75, 3.05) is 32.8 Å². The molecule has 2 heterocycles. The molecule has 0 aliphatic heterocycles. The summed E-state index contributed by atoms with van der Waals surface area (Å²) in [5.74, 6) is -0.631. The molecule has 0 fully saturated rings. The summed E-state index contributed by atoms with van der Waals surface area (Å²) in [6.07, 6.45) is 0. The maximum Gasteiger partial charge on any atom is 0.344 e. The number of benzene rings is 1. The van der Waals surface area contributed by atoms with Gasteiger partial charge >= 0.3 is 11.9 Å². The van der Waals surface area contributed by atoms with E-state index in [1.165, 1.54) is 14.2 Å². The van der Waals surface area contributed by atoms with Gasteiger partial charge in [0.1, 0.15) is 21.9 Å². The van der Waals surface area contributed by atoms with Crippen molar-refractivity contribution < 1.29 is 37.9 Å². The number of rotatable bonds is 9. The summed E-state index contributed by atoms with van der Waals surface area (Å²) >= 11 is 1.14. The van der Waals surface area contributed by atoms with Gasteiger partial charge in [0, 0.05) is 10.9 Å². The lowest BCUT2D eigenvalue weighted by Gasteiger charge is -2.11. The average Bonchev–Trinajstić information content (AvgIpc) is 3.39. The zero-order valence-electron chi connectivity index (χ0n) is 19.3. The Kier molecular flexibility index (Phi) is 7.90. The van der Waals surface area contributed by atoms with E-state index >= 15 is 0 Å². The van der Waals surface area contributed by atoms with Crippen molar-refractivity contribution >= 4 is 34.2 Å². The molecular formula is C23H24N2O8S. The predicted molar refractivity (Wildman–Crippen MR) is 124 cm³/mol. The van der Waals surface area contributed by atoms with Crippen molar-refractivity contribution in [3.05, 3.63) is 46.2 Å². The zero-order chi connectivity index (χ0) is 24.8.